The van der Waals surface area contributed by atoms with Gasteiger partial charge in [-0.3, -0.25) is 0 Å². The predicted molar refractivity (Wildman–Crippen MR) is 62.8 cm³/mol. The molecule has 0 bridgehead atoms. The molecule has 0 saturated heterocycles. The van der Waals surface area contributed by atoms with Crippen LogP contribution < -0.4 is 5.30 Å². The van der Waals surface area contributed by atoms with E-state index in [1.807, 2.05) is 13.8 Å². The number of aliphatic hydroxyl groups is 1. The molecule has 0 saturated carbocycles. The third kappa shape index (κ3) is 3.68. The largest absolute Gasteiger partial charge is 0.395 e. The molecule has 0 aromatic heterocycles. The van der Waals surface area contributed by atoms with Crippen LogP contribution in [-0.2, 0) is 0 Å². The average molecular weight is 214 g/mol. The van der Waals surface area contributed by atoms with Gasteiger partial charge in [0.2, 0.25) is 0 Å². The topological polar surface area (TPSA) is 20.2 Å². The zero-order chi connectivity index (χ0) is 9.90. The monoisotopic (exact) mass is 214 g/mol. The van der Waals surface area contributed by atoms with Gasteiger partial charge in [0.05, 0.1) is 6.61 Å². The maximum absolute atomic E-state index is 9.08. The Kier molecular flexibility index (Phi) is 3.78. The lowest BCUT2D eigenvalue weighted by atomic mass is 10.2. The van der Waals surface area contributed by atoms with Gasteiger partial charge in [0.25, 0.3) is 0 Å². The highest BCUT2D eigenvalue weighted by Gasteiger charge is 2.17. The molecule has 0 aliphatic carbocycles. The Hall–Kier alpha value is -0.0400. The van der Waals surface area contributed by atoms with Crippen LogP contribution in [0.15, 0.2) is 29.2 Å². The number of aliphatic hydroxyl groups excluding tert-OH is 1. The maximum Gasteiger partial charge on any atom is 0.0576 e. The SMILES string of the molecule is CC(C)(CO)Sc1ccc(P)cc1. The van der Waals surface area contributed by atoms with Gasteiger partial charge in [-0.15, -0.1) is 21.0 Å². The van der Waals surface area contributed by atoms with E-state index in [2.05, 4.69) is 33.5 Å². The van der Waals surface area contributed by atoms with Crippen molar-refractivity contribution in [1.82, 2.24) is 0 Å². The fraction of sp³-hybridized carbons (Fsp3) is 0.400. The highest BCUT2D eigenvalue weighted by atomic mass is 32.2. The van der Waals surface area contributed by atoms with Crippen LogP contribution >= 0.6 is 21.0 Å². The molecule has 0 aliphatic rings. The average Bonchev–Trinajstić information content (AvgIpc) is 2.09. The van der Waals surface area contributed by atoms with Crippen LogP contribution in [-0.4, -0.2) is 16.5 Å². The second-order valence-electron chi connectivity index (χ2n) is 3.59. The van der Waals surface area contributed by atoms with E-state index in [1.54, 1.807) is 11.8 Å². The summed E-state index contributed by atoms with van der Waals surface area (Å²) in [6.07, 6.45) is 0. The molecule has 0 heterocycles. The van der Waals surface area contributed by atoms with Crippen molar-refractivity contribution in [3.8, 4) is 0 Å². The van der Waals surface area contributed by atoms with Crippen LogP contribution in [0.4, 0.5) is 0 Å². The summed E-state index contributed by atoms with van der Waals surface area (Å²) in [5.74, 6) is 0. The fourth-order valence-electron chi connectivity index (χ4n) is 0.887. The Morgan fingerprint density at radius 1 is 1.31 bits per heavy atom. The van der Waals surface area contributed by atoms with E-state index in [0.717, 1.165) is 0 Å². The van der Waals surface area contributed by atoms with E-state index in [0.29, 0.717) is 0 Å². The lowest BCUT2D eigenvalue weighted by Crippen LogP contribution is -2.19. The quantitative estimate of drug-likeness (QED) is 0.614. The fourth-order valence-corrected chi connectivity index (χ4v) is 2.05. The standard InChI is InChI=1S/C10H15OPS/c1-10(2,7-11)13-9-5-3-8(12)4-6-9/h3-6,11H,7,12H2,1-2H3. The van der Waals surface area contributed by atoms with Crippen molar-refractivity contribution >= 4 is 26.3 Å². The summed E-state index contributed by atoms with van der Waals surface area (Å²) in [4.78, 5) is 1.20. The maximum atomic E-state index is 9.08. The Bertz CT molecular complexity index is 269. The first-order chi connectivity index (χ1) is 6.03. The molecule has 0 spiro atoms. The molecule has 1 nitrogen and oxygen atoms in total. The smallest absolute Gasteiger partial charge is 0.0576 e. The van der Waals surface area contributed by atoms with Crippen LogP contribution in [0.3, 0.4) is 0 Å². The molecule has 1 aromatic carbocycles. The first-order valence-electron chi connectivity index (χ1n) is 4.19. The zero-order valence-electron chi connectivity index (χ0n) is 7.95. The lowest BCUT2D eigenvalue weighted by molar-refractivity contribution is 0.265. The van der Waals surface area contributed by atoms with Gasteiger partial charge < -0.3 is 5.11 Å². The summed E-state index contributed by atoms with van der Waals surface area (Å²) < 4.78 is -0.0948. The summed E-state index contributed by atoms with van der Waals surface area (Å²) in [5.41, 5.74) is 0. The van der Waals surface area contributed by atoms with Crippen molar-refractivity contribution in [3.05, 3.63) is 24.3 Å². The van der Waals surface area contributed by atoms with E-state index in [-0.39, 0.29) is 11.4 Å². The summed E-state index contributed by atoms with van der Waals surface area (Å²) in [5, 5.41) is 10.3. The Morgan fingerprint density at radius 3 is 2.31 bits per heavy atom. The molecule has 1 N–H and O–H groups in total. The third-order valence-electron chi connectivity index (χ3n) is 1.66. The third-order valence-corrected chi connectivity index (χ3v) is 3.23. The summed E-state index contributed by atoms with van der Waals surface area (Å²) in [6.45, 7) is 4.26. The minimum Gasteiger partial charge on any atom is -0.395 e. The second kappa shape index (κ2) is 4.45. The highest BCUT2D eigenvalue weighted by Crippen LogP contribution is 2.31. The normalized spacial score (nSPS) is 11.7. The number of thioether (sulfide) groups is 1. The number of benzene rings is 1. The molecule has 1 aromatic rings. The van der Waals surface area contributed by atoms with Gasteiger partial charge in [-0.2, -0.15) is 0 Å². The van der Waals surface area contributed by atoms with Gasteiger partial charge in [0.1, 0.15) is 0 Å². The van der Waals surface area contributed by atoms with E-state index in [1.165, 1.54) is 10.2 Å². The first kappa shape index (κ1) is 11.0. The van der Waals surface area contributed by atoms with Gasteiger partial charge >= 0.3 is 0 Å². The molecule has 1 unspecified atom stereocenters. The first-order valence-corrected chi connectivity index (χ1v) is 5.58. The Labute approximate surface area is 86.1 Å². The Balaban J connectivity index is 2.69. The number of hydrogen-bond donors (Lipinski definition) is 1. The van der Waals surface area contributed by atoms with Gasteiger partial charge in [-0.25, -0.2) is 0 Å². The molecular weight excluding hydrogens is 199 g/mol. The molecular formula is C10H15OPS. The van der Waals surface area contributed by atoms with Crippen LogP contribution in [0.5, 0.6) is 0 Å². The van der Waals surface area contributed by atoms with Crippen molar-refractivity contribution in [1.29, 1.82) is 0 Å². The molecule has 3 heteroatoms. The Morgan fingerprint density at radius 2 is 1.85 bits per heavy atom. The number of hydrogen-bond acceptors (Lipinski definition) is 2. The van der Waals surface area contributed by atoms with Gasteiger partial charge in [0.15, 0.2) is 0 Å². The summed E-state index contributed by atoms with van der Waals surface area (Å²) >= 11 is 1.70. The molecule has 72 valence electrons. The predicted octanol–water partition coefficient (Wildman–Crippen LogP) is 2.05. The molecule has 0 amide bonds. The molecule has 0 radical (unpaired) electrons. The van der Waals surface area contributed by atoms with Gasteiger partial charge in [0, 0.05) is 9.64 Å². The van der Waals surface area contributed by atoms with Crippen molar-refractivity contribution in [2.24, 2.45) is 0 Å². The van der Waals surface area contributed by atoms with Gasteiger partial charge in [-0.1, -0.05) is 12.1 Å². The van der Waals surface area contributed by atoms with Crippen molar-refractivity contribution in [2.45, 2.75) is 23.5 Å². The summed E-state index contributed by atoms with van der Waals surface area (Å²) in [6, 6.07) is 8.26. The van der Waals surface area contributed by atoms with Crippen LogP contribution in [0.1, 0.15) is 13.8 Å². The lowest BCUT2D eigenvalue weighted by Gasteiger charge is -2.20. The molecule has 0 aliphatic heterocycles. The van der Waals surface area contributed by atoms with Crippen LogP contribution in [0.2, 0.25) is 0 Å². The molecule has 1 atom stereocenters. The minimum absolute atomic E-state index is 0.0948. The molecule has 1 rings (SSSR count). The van der Waals surface area contributed by atoms with Crippen LogP contribution in [0, 0.1) is 0 Å². The second-order valence-corrected chi connectivity index (χ2v) is 6.04. The summed E-state index contributed by atoms with van der Waals surface area (Å²) in [7, 11) is 2.66. The van der Waals surface area contributed by atoms with E-state index in [9.17, 15) is 0 Å². The van der Waals surface area contributed by atoms with E-state index < -0.39 is 0 Å². The van der Waals surface area contributed by atoms with Gasteiger partial charge in [-0.05, 0) is 31.3 Å². The van der Waals surface area contributed by atoms with Crippen molar-refractivity contribution < 1.29 is 5.11 Å². The van der Waals surface area contributed by atoms with Crippen LogP contribution in [0.25, 0.3) is 0 Å². The van der Waals surface area contributed by atoms with Crippen molar-refractivity contribution in [2.75, 3.05) is 6.61 Å². The van der Waals surface area contributed by atoms with E-state index >= 15 is 0 Å². The zero-order valence-corrected chi connectivity index (χ0v) is 9.92. The molecule has 13 heavy (non-hydrogen) atoms. The van der Waals surface area contributed by atoms with E-state index in [4.69, 9.17) is 5.11 Å². The van der Waals surface area contributed by atoms with Crippen molar-refractivity contribution in [3.63, 3.8) is 0 Å². The molecule has 0 fully saturated rings. The highest BCUT2D eigenvalue weighted by molar-refractivity contribution is 8.00. The minimum atomic E-state index is -0.0948. The number of rotatable bonds is 3.